The Labute approximate surface area is 200 Å². The second kappa shape index (κ2) is 11.3. The van der Waals surface area contributed by atoms with Gasteiger partial charge < -0.3 is 9.64 Å². The zero-order valence-corrected chi connectivity index (χ0v) is 19.8. The number of carbonyl (C=O) groups excluding carboxylic acids is 1. The maximum Gasteiger partial charge on any atom is 0.246 e. The highest BCUT2D eigenvalue weighted by atomic mass is 35.5. The van der Waals surface area contributed by atoms with Crippen molar-refractivity contribution in [2.24, 2.45) is 0 Å². The first-order valence-electron chi connectivity index (χ1n) is 11.5. The molecule has 0 bridgehead atoms. The van der Waals surface area contributed by atoms with Crippen LogP contribution in [-0.4, -0.2) is 72.6 Å². The Kier molecular flexibility index (Phi) is 8.15. The van der Waals surface area contributed by atoms with Crippen LogP contribution in [0.25, 0.3) is 6.08 Å². The average molecular weight is 472 g/mol. The lowest BCUT2D eigenvalue weighted by Crippen LogP contribution is -2.53. The number of hydrogen-bond acceptors (Lipinski definition) is 4. The molecule has 2 aromatic carbocycles. The van der Waals surface area contributed by atoms with E-state index < -0.39 is 0 Å². The molecule has 2 aliphatic rings. The van der Waals surface area contributed by atoms with Crippen molar-refractivity contribution in [3.63, 3.8) is 0 Å². The number of piperazine rings is 1. The Bertz CT molecular complexity index is 976. The number of nitrogens with zero attached hydrogens (tertiary/aromatic N) is 3. The largest absolute Gasteiger partial charge is 0.379 e. The molecule has 0 spiro atoms. The Hall–Kier alpha value is -2.25. The predicted molar refractivity (Wildman–Crippen MR) is 129 cm³/mol. The first-order chi connectivity index (χ1) is 16.0. The van der Waals surface area contributed by atoms with Gasteiger partial charge in [0.1, 0.15) is 5.82 Å². The molecule has 4 rings (SSSR count). The third-order valence-corrected chi connectivity index (χ3v) is 6.56. The van der Waals surface area contributed by atoms with Crippen molar-refractivity contribution >= 4 is 23.6 Å². The van der Waals surface area contributed by atoms with E-state index in [0.29, 0.717) is 11.6 Å². The summed E-state index contributed by atoms with van der Waals surface area (Å²) in [6.07, 6.45) is 3.59. The first-order valence-corrected chi connectivity index (χ1v) is 11.9. The van der Waals surface area contributed by atoms with E-state index in [9.17, 15) is 9.18 Å². The summed E-state index contributed by atoms with van der Waals surface area (Å²) in [6, 6.07) is 12.6. The topological polar surface area (TPSA) is 36.0 Å². The molecule has 5 nitrogen and oxygen atoms in total. The van der Waals surface area contributed by atoms with E-state index in [2.05, 4.69) is 16.7 Å². The molecule has 176 valence electrons. The quantitative estimate of drug-likeness (QED) is 0.595. The van der Waals surface area contributed by atoms with E-state index in [4.69, 9.17) is 16.3 Å². The van der Waals surface area contributed by atoms with Crippen LogP contribution in [-0.2, 0) is 22.6 Å². The van der Waals surface area contributed by atoms with E-state index in [0.717, 1.165) is 69.2 Å². The monoisotopic (exact) mass is 471 g/mol. The van der Waals surface area contributed by atoms with Gasteiger partial charge in [-0.3, -0.25) is 14.6 Å². The molecule has 33 heavy (non-hydrogen) atoms. The summed E-state index contributed by atoms with van der Waals surface area (Å²) in [5.41, 5.74) is 3.21. The van der Waals surface area contributed by atoms with Crippen LogP contribution in [0.5, 0.6) is 0 Å². The van der Waals surface area contributed by atoms with E-state index in [1.165, 1.54) is 12.1 Å². The lowest BCUT2D eigenvalue weighted by Gasteiger charge is -2.39. The lowest BCUT2D eigenvalue weighted by atomic mass is 10.1. The number of morpholine rings is 1. The smallest absolute Gasteiger partial charge is 0.246 e. The van der Waals surface area contributed by atoms with Crippen LogP contribution in [0.2, 0.25) is 5.02 Å². The van der Waals surface area contributed by atoms with Crippen LogP contribution in [0.1, 0.15) is 23.6 Å². The normalized spacial score (nSPS) is 20.5. The number of amides is 1. The Morgan fingerprint density at radius 1 is 1.06 bits per heavy atom. The third kappa shape index (κ3) is 6.64. The average Bonchev–Trinajstić information content (AvgIpc) is 2.81. The Balaban J connectivity index is 1.36. The number of carbonyl (C=O) groups is 1. The fourth-order valence-corrected chi connectivity index (χ4v) is 4.68. The molecular formula is C26H31ClFN3O2. The minimum Gasteiger partial charge on any atom is -0.379 e. The van der Waals surface area contributed by atoms with Crippen molar-refractivity contribution in [2.45, 2.75) is 26.1 Å². The molecular weight excluding hydrogens is 441 g/mol. The summed E-state index contributed by atoms with van der Waals surface area (Å²) in [6.45, 7) is 9.17. The van der Waals surface area contributed by atoms with Crippen molar-refractivity contribution in [3.8, 4) is 0 Å². The van der Waals surface area contributed by atoms with Crippen LogP contribution >= 0.6 is 11.6 Å². The molecule has 0 aromatic heterocycles. The number of rotatable bonds is 6. The van der Waals surface area contributed by atoms with Gasteiger partial charge in [-0.25, -0.2) is 4.39 Å². The van der Waals surface area contributed by atoms with Crippen LogP contribution in [0.3, 0.4) is 0 Å². The van der Waals surface area contributed by atoms with Gasteiger partial charge in [-0.15, -0.1) is 0 Å². The standard InChI is InChI=1S/C26H31ClFN3O2/c1-20-17-30(18-21-2-7-25(28)8-3-21)10-11-31(20)26(32)9-5-22-4-6-24(27)16-23(22)19-29-12-14-33-15-13-29/h2-9,16,20H,10-15,17-19H2,1H3. The molecule has 0 N–H and O–H groups in total. The third-order valence-electron chi connectivity index (χ3n) is 6.32. The minimum atomic E-state index is -0.219. The van der Waals surface area contributed by atoms with Gasteiger partial charge in [0, 0.05) is 63.0 Å². The summed E-state index contributed by atoms with van der Waals surface area (Å²) < 4.78 is 18.6. The van der Waals surface area contributed by atoms with Gasteiger partial charge in [0.05, 0.1) is 13.2 Å². The fraction of sp³-hybridized carbons (Fsp3) is 0.423. The second-order valence-corrected chi connectivity index (χ2v) is 9.24. The van der Waals surface area contributed by atoms with Gasteiger partial charge in [0.15, 0.2) is 0 Å². The van der Waals surface area contributed by atoms with Gasteiger partial charge in [0.25, 0.3) is 0 Å². The highest BCUT2D eigenvalue weighted by Gasteiger charge is 2.26. The molecule has 2 fully saturated rings. The summed E-state index contributed by atoms with van der Waals surface area (Å²) in [7, 11) is 0. The summed E-state index contributed by atoms with van der Waals surface area (Å²) in [4.78, 5) is 19.6. The maximum absolute atomic E-state index is 13.1. The highest BCUT2D eigenvalue weighted by Crippen LogP contribution is 2.21. The van der Waals surface area contributed by atoms with Crippen LogP contribution < -0.4 is 0 Å². The molecule has 0 radical (unpaired) electrons. The van der Waals surface area contributed by atoms with Crippen molar-refractivity contribution in [2.75, 3.05) is 45.9 Å². The van der Waals surface area contributed by atoms with Gasteiger partial charge in [-0.1, -0.05) is 29.8 Å². The number of halogens is 2. The molecule has 1 atom stereocenters. The molecule has 0 saturated carbocycles. The number of ether oxygens (including phenoxy) is 1. The van der Waals surface area contributed by atoms with Crippen molar-refractivity contribution in [1.82, 2.24) is 14.7 Å². The molecule has 2 aromatic rings. The lowest BCUT2D eigenvalue weighted by molar-refractivity contribution is -0.130. The zero-order valence-electron chi connectivity index (χ0n) is 19.1. The van der Waals surface area contributed by atoms with Crippen molar-refractivity contribution in [1.29, 1.82) is 0 Å². The molecule has 1 unspecified atom stereocenters. The van der Waals surface area contributed by atoms with Crippen LogP contribution in [0.4, 0.5) is 4.39 Å². The molecule has 7 heteroatoms. The second-order valence-electron chi connectivity index (χ2n) is 8.81. The maximum atomic E-state index is 13.1. The molecule has 2 aliphatic heterocycles. The SMILES string of the molecule is CC1CN(Cc2ccc(F)cc2)CCN1C(=O)C=Cc1ccc(Cl)cc1CN1CCOCC1. The Morgan fingerprint density at radius 3 is 2.55 bits per heavy atom. The fourth-order valence-electron chi connectivity index (χ4n) is 4.48. The molecule has 2 saturated heterocycles. The molecule has 1 amide bonds. The van der Waals surface area contributed by atoms with Crippen molar-refractivity contribution < 1.29 is 13.9 Å². The van der Waals surface area contributed by atoms with E-state index in [1.807, 2.05) is 41.3 Å². The highest BCUT2D eigenvalue weighted by molar-refractivity contribution is 6.30. The van der Waals surface area contributed by atoms with Gasteiger partial charge in [-0.05, 0) is 54.0 Å². The number of benzene rings is 2. The van der Waals surface area contributed by atoms with E-state index in [-0.39, 0.29) is 17.8 Å². The molecule has 2 heterocycles. The number of hydrogen-bond donors (Lipinski definition) is 0. The zero-order chi connectivity index (χ0) is 23.2. The minimum absolute atomic E-state index is 0.0243. The first kappa shape index (κ1) is 23.9. The van der Waals surface area contributed by atoms with Crippen molar-refractivity contribution in [3.05, 3.63) is 76.1 Å². The van der Waals surface area contributed by atoms with Gasteiger partial charge >= 0.3 is 0 Å². The Morgan fingerprint density at radius 2 is 1.82 bits per heavy atom. The summed E-state index contributed by atoms with van der Waals surface area (Å²) in [5, 5.41) is 0.702. The van der Waals surface area contributed by atoms with Crippen LogP contribution in [0, 0.1) is 5.82 Å². The summed E-state index contributed by atoms with van der Waals surface area (Å²) >= 11 is 6.25. The molecule has 0 aliphatic carbocycles. The van der Waals surface area contributed by atoms with Gasteiger partial charge in [-0.2, -0.15) is 0 Å². The predicted octanol–water partition coefficient (Wildman–Crippen LogP) is 4.06. The van der Waals surface area contributed by atoms with E-state index in [1.54, 1.807) is 6.08 Å². The van der Waals surface area contributed by atoms with Gasteiger partial charge in [0.2, 0.25) is 5.91 Å². The summed E-state index contributed by atoms with van der Waals surface area (Å²) in [5.74, 6) is -0.195. The van der Waals surface area contributed by atoms with Crippen LogP contribution in [0.15, 0.2) is 48.5 Å². The van der Waals surface area contributed by atoms with E-state index >= 15 is 0 Å².